The molecule has 1 aliphatic heterocycles. The maximum Gasteiger partial charge on any atom is 0.129 e. The first-order valence-electron chi connectivity index (χ1n) is 5.32. The van der Waals surface area contributed by atoms with Crippen molar-refractivity contribution in [2.75, 3.05) is 13.1 Å². The first-order chi connectivity index (χ1) is 7.24. The summed E-state index contributed by atoms with van der Waals surface area (Å²) in [5, 5.41) is 0.564. The SMILES string of the molecule is N[C@@H]1CCCN(Cc2ccnc(Cl)c2)C1. The third-order valence-corrected chi connectivity index (χ3v) is 2.95. The number of rotatable bonds is 2. The van der Waals surface area contributed by atoms with Crippen LogP contribution in [0, 0.1) is 0 Å². The minimum atomic E-state index is 0.330. The van der Waals surface area contributed by atoms with Crippen LogP contribution in [0.25, 0.3) is 0 Å². The van der Waals surface area contributed by atoms with Gasteiger partial charge in [-0.15, -0.1) is 0 Å². The highest BCUT2D eigenvalue weighted by atomic mass is 35.5. The van der Waals surface area contributed by atoms with E-state index >= 15 is 0 Å². The average molecular weight is 226 g/mol. The zero-order valence-electron chi connectivity index (χ0n) is 8.69. The van der Waals surface area contributed by atoms with Gasteiger partial charge in [-0.25, -0.2) is 4.98 Å². The number of hydrogen-bond acceptors (Lipinski definition) is 3. The Morgan fingerprint density at radius 1 is 1.60 bits per heavy atom. The van der Waals surface area contributed by atoms with E-state index in [1.165, 1.54) is 12.0 Å². The van der Waals surface area contributed by atoms with Crippen molar-refractivity contribution in [2.45, 2.75) is 25.4 Å². The summed E-state index contributed by atoms with van der Waals surface area (Å²) < 4.78 is 0. The molecular weight excluding hydrogens is 210 g/mol. The molecule has 0 radical (unpaired) electrons. The van der Waals surface area contributed by atoms with Crippen molar-refractivity contribution in [3.05, 3.63) is 29.0 Å². The molecule has 0 aliphatic carbocycles. The van der Waals surface area contributed by atoms with E-state index in [4.69, 9.17) is 17.3 Å². The molecule has 2 heterocycles. The summed E-state index contributed by atoms with van der Waals surface area (Å²) in [5.41, 5.74) is 7.14. The molecule has 0 bridgehead atoms. The largest absolute Gasteiger partial charge is 0.327 e. The highest BCUT2D eigenvalue weighted by molar-refractivity contribution is 6.29. The van der Waals surface area contributed by atoms with Crippen molar-refractivity contribution in [3.63, 3.8) is 0 Å². The van der Waals surface area contributed by atoms with Gasteiger partial charge < -0.3 is 5.73 Å². The Morgan fingerprint density at radius 3 is 3.20 bits per heavy atom. The molecule has 0 amide bonds. The van der Waals surface area contributed by atoms with Gasteiger partial charge in [0, 0.05) is 25.3 Å². The van der Waals surface area contributed by atoms with Gasteiger partial charge in [-0.3, -0.25) is 4.90 Å². The number of hydrogen-bond donors (Lipinski definition) is 1. The fourth-order valence-electron chi connectivity index (χ4n) is 2.03. The Kier molecular flexibility index (Phi) is 3.57. The Labute approximate surface area is 95.2 Å². The summed E-state index contributed by atoms with van der Waals surface area (Å²) in [6.07, 6.45) is 4.09. The second-order valence-corrected chi connectivity index (χ2v) is 4.51. The number of nitrogens with two attached hydrogens (primary N) is 1. The van der Waals surface area contributed by atoms with Crippen LogP contribution in [0.3, 0.4) is 0 Å². The molecule has 3 nitrogen and oxygen atoms in total. The molecule has 0 saturated carbocycles. The molecule has 0 aromatic carbocycles. The maximum absolute atomic E-state index is 5.93. The first-order valence-corrected chi connectivity index (χ1v) is 5.70. The zero-order valence-corrected chi connectivity index (χ0v) is 9.45. The maximum atomic E-state index is 5.93. The minimum absolute atomic E-state index is 0.330. The standard InChI is InChI=1S/C11H16ClN3/c12-11-6-9(3-4-14-11)7-15-5-1-2-10(13)8-15/h3-4,6,10H,1-2,5,7-8,13H2/t10-/m1/s1. The molecule has 82 valence electrons. The highest BCUT2D eigenvalue weighted by Gasteiger charge is 2.16. The third-order valence-electron chi connectivity index (χ3n) is 2.74. The molecule has 1 aliphatic rings. The first kappa shape index (κ1) is 10.9. The Bertz CT molecular complexity index is 329. The van der Waals surface area contributed by atoms with Crippen molar-refractivity contribution in [2.24, 2.45) is 5.73 Å². The van der Waals surface area contributed by atoms with Crippen LogP contribution in [0.15, 0.2) is 18.3 Å². The van der Waals surface area contributed by atoms with Crippen molar-refractivity contribution in [1.82, 2.24) is 9.88 Å². The van der Waals surface area contributed by atoms with E-state index in [-0.39, 0.29) is 0 Å². The predicted molar refractivity (Wildman–Crippen MR) is 61.7 cm³/mol. The minimum Gasteiger partial charge on any atom is -0.327 e. The summed E-state index contributed by atoms with van der Waals surface area (Å²) >= 11 is 5.84. The van der Waals surface area contributed by atoms with E-state index in [1.807, 2.05) is 12.1 Å². The van der Waals surface area contributed by atoms with Crippen molar-refractivity contribution in [1.29, 1.82) is 0 Å². The molecule has 1 fully saturated rings. The molecule has 2 rings (SSSR count). The predicted octanol–water partition coefficient (Wildman–Crippen LogP) is 1.66. The van der Waals surface area contributed by atoms with E-state index in [9.17, 15) is 0 Å². The van der Waals surface area contributed by atoms with Gasteiger partial charge in [0.05, 0.1) is 0 Å². The molecule has 2 N–H and O–H groups in total. The van der Waals surface area contributed by atoms with Crippen molar-refractivity contribution in [3.8, 4) is 0 Å². The van der Waals surface area contributed by atoms with Gasteiger partial charge in [-0.2, -0.15) is 0 Å². The van der Waals surface area contributed by atoms with Gasteiger partial charge in [0.15, 0.2) is 0 Å². The molecular formula is C11H16ClN3. The van der Waals surface area contributed by atoms with Crippen LogP contribution in [0.2, 0.25) is 5.15 Å². The lowest BCUT2D eigenvalue weighted by Gasteiger charge is -2.30. The fraction of sp³-hybridized carbons (Fsp3) is 0.545. The summed E-state index contributed by atoms with van der Waals surface area (Å²) in [5.74, 6) is 0. The molecule has 1 atom stereocenters. The van der Waals surface area contributed by atoms with Crippen LogP contribution in [0.5, 0.6) is 0 Å². The number of pyridine rings is 1. The average Bonchev–Trinajstić information content (AvgIpc) is 2.17. The monoisotopic (exact) mass is 225 g/mol. The molecule has 4 heteroatoms. The quantitative estimate of drug-likeness (QED) is 0.779. The Hall–Kier alpha value is -0.640. The molecule has 0 unspecified atom stereocenters. The summed E-state index contributed by atoms with van der Waals surface area (Å²) in [7, 11) is 0. The lowest BCUT2D eigenvalue weighted by atomic mass is 10.1. The van der Waals surface area contributed by atoms with E-state index in [1.54, 1.807) is 6.20 Å². The summed E-state index contributed by atoms with van der Waals surface area (Å²) in [4.78, 5) is 6.34. The van der Waals surface area contributed by atoms with Crippen molar-refractivity contribution >= 4 is 11.6 Å². The van der Waals surface area contributed by atoms with Gasteiger partial charge in [0.25, 0.3) is 0 Å². The lowest BCUT2D eigenvalue weighted by Crippen LogP contribution is -2.42. The van der Waals surface area contributed by atoms with E-state index in [2.05, 4.69) is 9.88 Å². The van der Waals surface area contributed by atoms with E-state index < -0.39 is 0 Å². The van der Waals surface area contributed by atoms with Crippen LogP contribution >= 0.6 is 11.6 Å². The van der Waals surface area contributed by atoms with Gasteiger partial charge in [0.2, 0.25) is 0 Å². The topological polar surface area (TPSA) is 42.1 Å². The fourth-order valence-corrected chi connectivity index (χ4v) is 2.23. The van der Waals surface area contributed by atoms with Gasteiger partial charge in [-0.05, 0) is 37.1 Å². The zero-order chi connectivity index (χ0) is 10.7. The number of aromatic nitrogens is 1. The Morgan fingerprint density at radius 2 is 2.47 bits per heavy atom. The van der Waals surface area contributed by atoms with Gasteiger partial charge in [0.1, 0.15) is 5.15 Å². The number of piperidine rings is 1. The number of likely N-dealkylation sites (tertiary alicyclic amines) is 1. The molecule has 1 saturated heterocycles. The summed E-state index contributed by atoms with van der Waals surface area (Å²) in [6.45, 7) is 3.05. The van der Waals surface area contributed by atoms with Crippen LogP contribution in [0.4, 0.5) is 0 Å². The lowest BCUT2D eigenvalue weighted by molar-refractivity contribution is 0.201. The highest BCUT2D eigenvalue weighted by Crippen LogP contribution is 2.14. The van der Waals surface area contributed by atoms with Crippen LogP contribution < -0.4 is 5.73 Å². The smallest absolute Gasteiger partial charge is 0.129 e. The molecule has 1 aromatic heterocycles. The number of nitrogens with zero attached hydrogens (tertiary/aromatic N) is 2. The van der Waals surface area contributed by atoms with E-state index in [0.717, 1.165) is 26.1 Å². The second kappa shape index (κ2) is 4.92. The molecule has 15 heavy (non-hydrogen) atoms. The Balaban J connectivity index is 1.96. The normalized spacial score (nSPS) is 22.9. The van der Waals surface area contributed by atoms with Crippen LogP contribution in [-0.4, -0.2) is 29.0 Å². The van der Waals surface area contributed by atoms with Crippen LogP contribution in [0.1, 0.15) is 18.4 Å². The molecule has 1 aromatic rings. The van der Waals surface area contributed by atoms with Gasteiger partial charge in [-0.1, -0.05) is 11.6 Å². The van der Waals surface area contributed by atoms with Crippen LogP contribution in [-0.2, 0) is 6.54 Å². The molecule has 0 spiro atoms. The van der Waals surface area contributed by atoms with Gasteiger partial charge >= 0.3 is 0 Å². The second-order valence-electron chi connectivity index (χ2n) is 4.12. The number of halogens is 1. The van der Waals surface area contributed by atoms with E-state index in [0.29, 0.717) is 11.2 Å². The third kappa shape index (κ3) is 3.16. The summed E-state index contributed by atoms with van der Waals surface area (Å²) in [6, 6.07) is 4.25. The van der Waals surface area contributed by atoms with Crippen molar-refractivity contribution < 1.29 is 0 Å².